The van der Waals surface area contributed by atoms with E-state index in [9.17, 15) is 14.4 Å². The molecular weight excluding hydrogens is 536 g/mol. The van der Waals surface area contributed by atoms with Crippen LogP contribution < -0.4 is 10.1 Å². The zero-order valence-corrected chi connectivity index (χ0v) is 24.9. The lowest BCUT2D eigenvalue weighted by Gasteiger charge is -2.37. The van der Waals surface area contributed by atoms with Gasteiger partial charge in [0.05, 0.1) is 11.8 Å². The molecular formula is C37H38N2O4. The summed E-state index contributed by atoms with van der Waals surface area (Å²) in [6.07, 6.45) is 6.74. The molecule has 5 aliphatic rings. The zero-order chi connectivity index (χ0) is 29.9. The van der Waals surface area contributed by atoms with Crippen molar-refractivity contribution in [3.8, 4) is 11.5 Å². The predicted octanol–water partition coefficient (Wildman–Crippen LogP) is 6.77. The molecule has 4 aliphatic carbocycles. The van der Waals surface area contributed by atoms with E-state index in [1.807, 2.05) is 54.6 Å². The van der Waals surface area contributed by atoms with E-state index in [-0.39, 0.29) is 53.2 Å². The molecule has 6 heteroatoms. The van der Waals surface area contributed by atoms with Gasteiger partial charge in [0.1, 0.15) is 17.5 Å². The molecule has 0 unspecified atom stereocenters. The second-order valence-corrected chi connectivity index (χ2v) is 13.3. The van der Waals surface area contributed by atoms with Crippen molar-refractivity contribution in [3.05, 3.63) is 102 Å². The number of carbonyl (C=O) groups is 3. The van der Waals surface area contributed by atoms with Gasteiger partial charge >= 0.3 is 0 Å². The van der Waals surface area contributed by atoms with E-state index in [1.54, 1.807) is 12.1 Å². The Balaban J connectivity index is 1.08. The summed E-state index contributed by atoms with van der Waals surface area (Å²) in [5, 5.41) is 2.98. The van der Waals surface area contributed by atoms with Crippen LogP contribution >= 0.6 is 0 Å². The summed E-state index contributed by atoms with van der Waals surface area (Å²) in [6.45, 7) is 6.64. The Bertz CT molecular complexity index is 1540. The van der Waals surface area contributed by atoms with E-state index in [0.717, 1.165) is 24.2 Å². The topological polar surface area (TPSA) is 75.7 Å². The molecule has 220 valence electrons. The number of anilines is 1. The van der Waals surface area contributed by atoms with Crippen molar-refractivity contribution >= 4 is 23.4 Å². The summed E-state index contributed by atoms with van der Waals surface area (Å²) in [4.78, 5) is 42.9. The number of imide groups is 1. The molecule has 6 nitrogen and oxygen atoms in total. The molecule has 7 atom stereocenters. The summed E-state index contributed by atoms with van der Waals surface area (Å²) in [7, 11) is 0. The standard InChI is InChI=1S/C37H38N2O4/c1-4-37(2,3)23-10-14-25(15-11-23)43-26-16-12-24(13-17-26)38-34(40)31(20-22-8-6-5-7-9-22)39-35(41)32-27-18-19-28(30-21-29(27)30)33(32)36(39)42/h5-19,27-33H,4,20-21H2,1-3H3,(H,38,40)/t27-,28-,29-,30-,31-,32-,33+/m1/s1. The first-order valence-corrected chi connectivity index (χ1v) is 15.5. The first-order valence-electron chi connectivity index (χ1n) is 15.5. The number of ether oxygens (including phenoxy) is 1. The molecule has 1 heterocycles. The Morgan fingerprint density at radius 2 is 1.42 bits per heavy atom. The fourth-order valence-electron chi connectivity index (χ4n) is 7.57. The van der Waals surface area contributed by atoms with Crippen LogP contribution in [0, 0.1) is 35.5 Å². The Morgan fingerprint density at radius 3 is 1.98 bits per heavy atom. The lowest BCUT2D eigenvalue weighted by molar-refractivity contribution is -0.146. The van der Waals surface area contributed by atoms with Crippen molar-refractivity contribution in [1.29, 1.82) is 0 Å². The second-order valence-electron chi connectivity index (χ2n) is 13.3. The SMILES string of the molecule is CCC(C)(C)c1ccc(Oc2ccc(NC(=O)[C@@H](Cc3ccccc3)N3C(=O)[C@@H]4[C@@H]5C=C[C@H]([C@H]6C[C@H]56)[C@@H]4C3=O)cc2)cc1. The zero-order valence-electron chi connectivity index (χ0n) is 24.9. The first-order chi connectivity index (χ1) is 20.7. The minimum atomic E-state index is -0.925. The number of likely N-dealkylation sites (tertiary alicyclic amines) is 1. The van der Waals surface area contributed by atoms with Gasteiger partial charge in [-0.1, -0.05) is 75.4 Å². The number of hydrogen-bond acceptors (Lipinski definition) is 4. The average molecular weight is 575 g/mol. The van der Waals surface area contributed by atoms with Crippen LogP contribution in [0.2, 0.25) is 0 Å². The van der Waals surface area contributed by atoms with Gasteiger partial charge in [-0.05, 0) is 89.5 Å². The molecule has 0 spiro atoms. The minimum absolute atomic E-state index is 0.107. The maximum absolute atomic E-state index is 13.9. The summed E-state index contributed by atoms with van der Waals surface area (Å²) >= 11 is 0. The van der Waals surface area contributed by atoms with Gasteiger partial charge in [-0.2, -0.15) is 0 Å². The Hall–Kier alpha value is -4.19. The highest BCUT2D eigenvalue weighted by Crippen LogP contribution is 2.65. The van der Waals surface area contributed by atoms with Crippen LogP contribution in [0.5, 0.6) is 11.5 Å². The molecule has 43 heavy (non-hydrogen) atoms. The van der Waals surface area contributed by atoms with Crippen molar-refractivity contribution in [1.82, 2.24) is 4.90 Å². The quantitative estimate of drug-likeness (QED) is 0.226. The van der Waals surface area contributed by atoms with Crippen molar-refractivity contribution in [2.75, 3.05) is 5.32 Å². The molecule has 2 bridgehead atoms. The van der Waals surface area contributed by atoms with Crippen molar-refractivity contribution in [3.63, 3.8) is 0 Å². The van der Waals surface area contributed by atoms with E-state index in [0.29, 0.717) is 23.3 Å². The van der Waals surface area contributed by atoms with E-state index < -0.39 is 6.04 Å². The third-order valence-corrected chi connectivity index (χ3v) is 10.5. The third kappa shape index (κ3) is 4.87. The van der Waals surface area contributed by atoms with Gasteiger partial charge in [-0.15, -0.1) is 0 Å². The third-order valence-electron chi connectivity index (χ3n) is 10.5. The fourth-order valence-corrected chi connectivity index (χ4v) is 7.57. The lowest BCUT2D eigenvalue weighted by atomic mass is 9.63. The number of nitrogens with one attached hydrogen (secondary N) is 1. The van der Waals surface area contributed by atoms with Gasteiger partial charge in [-0.3, -0.25) is 19.3 Å². The van der Waals surface area contributed by atoms with Gasteiger partial charge < -0.3 is 10.1 Å². The highest BCUT2D eigenvalue weighted by molar-refractivity contribution is 6.10. The number of amides is 3. The van der Waals surface area contributed by atoms with E-state index >= 15 is 0 Å². The van der Waals surface area contributed by atoms with Gasteiger partial charge in [0, 0.05) is 12.1 Å². The fraction of sp³-hybridized carbons (Fsp3) is 0.378. The van der Waals surface area contributed by atoms with Gasteiger partial charge in [0.2, 0.25) is 17.7 Å². The maximum Gasteiger partial charge on any atom is 0.248 e. The van der Waals surface area contributed by atoms with Crippen molar-refractivity contribution in [2.24, 2.45) is 35.5 Å². The molecule has 0 radical (unpaired) electrons. The summed E-state index contributed by atoms with van der Waals surface area (Å²) in [5.74, 6) is 1.23. The Kier molecular flexibility index (Phi) is 6.76. The Labute approximate surface area is 253 Å². The number of rotatable bonds is 9. The van der Waals surface area contributed by atoms with Crippen LogP contribution in [-0.2, 0) is 26.2 Å². The number of hydrogen-bond donors (Lipinski definition) is 1. The highest BCUT2D eigenvalue weighted by atomic mass is 16.5. The molecule has 1 N–H and O–H groups in total. The van der Waals surface area contributed by atoms with Gasteiger partial charge in [0.25, 0.3) is 0 Å². The van der Waals surface area contributed by atoms with Crippen molar-refractivity contribution < 1.29 is 19.1 Å². The maximum atomic E-state index is 13.9. The van der Waals surface area contributed by atoms with Crippen LogP contribution in [0.4, 0.5) is 5.69 Å². The number of carbonyl (C=O) groups excluding carboxylic acids is 3. The largest absolute Gasteiger partial charge is 0.457 e. The molecule has 3 fully saturated rings. The predicted molar refractivity (Wildman–Crippen MR) is 165 cm³/mol. The Morgan fingerprint density at radius 1 is 0.860 bits per heavy atom. The molecule has 3 amide bonds. The van der Waals surface area contributed by atoms with E-state index in [4.69, 9.17) is 4.74 Å². The molecule has 3 aromatic carbocycles. The summed E-state index contributed by atoms with van der Waals surface area (Å²) in [6, 6.07) is 24.0. The van der Waals surface area contributed by atoms with Gasteiger partial charge in [0.15, 0.2) is 0 Å². The lowest BCUT2D eigenvalue weighted by Crippen LogP contribution is -2.49. The molecule has 1 saturated heterocycles. The highest BCUT2D eigenvalue weighted by Gasteiger charge is 2.67. The van der Waals surface area contributed by atoms with Gasteiger partial charge in [-0.25, -0.2) is 0 Å². The molecule has 2 saturated carbocycles. The molecule has 1 aliphatic heterocycles. The van der Waals surface area contributed by atoms with Crippen LogP contribution in [-0.4, -0.2) is 28.7 Å². The number of nitrogens with zero attached hydrogens (tertiary/aromatic N) is 1. The first kappa shape index (κ1) is 27.6. The number of allylic oxidation sites excluding steroid dienone is 2. The smallest absolute Gasteiger partial charge is 0.248 e. The van der Waals surface area contributed by atoms with Crippen LogP contribution in [0.3, 0.4) is 0 Å². The monoisotopic (exact) mass is 574 g/mol. The minimum Gasteiger partial charge on any atom is -0.457 e. The normalized spacial score (nSPS) is 27.5. The number of benzene rings is 3. The summed E-state index contributed by atoms with van der Waals surface area (Å²) in [5.41, 5.74) is 2.85. The summed E-state index contributed by atoms with van der Waals surface area (Å²) < 4.78 is 6.05. The molecule has 0 aromatic heterocycles. The van der Waals surface area contributed by atoms with Crippen LogP contribution in [0.1, 0.15) is 44.7 Å². The molecule has 3 aromatic rings. The van der Waals surface area contributed by atoms with Crippen LogP contribution in [0.15, 0.2) is 91.0 Å². The second kappa shape index (κ2) is 10.5. The average Bonchev–Trinajstić information content (AvgIpc) is 3.81. The molecule has 8 rings (SSSR count). The van der Waals surface area contributed by atoms with E-state index in [2.05, 4.69) is 50.4 Å². The van der Waals surface area contributed by atoms with Crippen LogP contribution in [0.25, 0.3) is 0 Å². The van der Waals surface area contributed by atoms with Crippen molar-refractivity contribution in [2.45, 2.75) is 51.5 Å². The van der Waals surface area contributed by atoms with E-state index in [1.165, 1.54) is 10.5 Å².